The second kappa shape index (κ2) is 5.72. The smallest absolute Gasteiger partial charge is 0.347 e. The Balaban J connectivity index is 2.71. The van der Waals surface area contributed by atoms with E-state index in [1.165, 1.54) is 0 Å². The molecule has 4 heteroatoms. The van der Waals surface area contributed by atoms with Gasteiger partial charge in [-0.2, -0.15) is 0 Å². The molecule has 2 heterocycles. The van der Waals surface area contributed by atoms with Crippen molar-refractivity contribution in [1.29, 1.82) is 0 Å². The van der Waals surface area contributed by atoms with Gasteiger partial charge in [0.15, 0.2) is 0 Å². The molecule has 0 unspecified atom stereocenters. The van der Waals surface area contributed by atoms with Crippen molar-refractivity contribution >= 4 is 17.5 Å². The van der Waals surface area contributed by atoms with E-state index in [0.717, 1.165) is 28.2 Å². The highest BCUT2D eigenvalue weighted by atomic mass is 16.6. The van der Waals surface area contributed by atoms with Crippen molar-refractivity contribution in [1.82, 2.24) is 0 Å². The fraction of sp³-hybridized carbons (Fsp3) is 0.412. The van der Waals surface area contributed by atoms with Crippen LogP contribution in [0.2, 0.25) is 0 Å². The van der Waals surface area contributed by atoms with Crippen LogP contribution in [0.3, 0.4) is 0 Å². The predicted octanol–water partition coefficient (Wildman–Crippen LogP) is 3.87. The number of allylic oxidation sites excluding steroid dienone is 2. The summed E-state index contributed by atoms with van der Waals surface area (Å²) in [6.07, 6.45) is 1.43. The second-order valence-corrected chi connectivity index (χ2v) is 5.19. The lowest BCUT2D eigenvalue weighted by Gasteiger charge is -2.07. The second-order valence-electron chi connectivity index (χ2n) is 5.19. The van der Waals surface area contributed by atoms with Gasteiger partial charge in [-0.1, -0.05) is 19.4 Å². The Labute approximate surface area is 124 Å². The Hall–Kier alpha value is -2.10. The predicted molar refractivity (Wildman–Crippen MR) is 79.5 cm³/mol. The highest BCUT2D eigenvalue weighted by Crippen LogP contribution is 2.35. The van der Waals surface area contributed by atoms with E-state index in [0.29, 0.717) is 24.0 Å². The molecule has 0 aromatic carbocycles. The van der Waals surface area contributed by atoms with Gasteiger partial charge in [0.1, 0.15) is 11.5 Å². The summed E-state index contributed by atoms with van der Waals surface area (Å²) in [7, 11) is 0. The Morgan fingerprint density at radius 1 is 1.05 bits per heavy atom. The van der Waals surface area contributed by atoms with Gasteiger partial charge in [-0.05, 0) is 45.3 Å². The van der Waals surface area contributed by atoms with E-state index in [4.69, 9.17) is 9.15 Å². The number of furan rings is 1. The maximum atomic E-state index is 12.1. The quantitative estimate of drug-likeness (QED) is 0.481. The van der Waals surface area contributed by atoms with Crippen molar-refractivity contribution < 1.29 is 18.7 Å². The first-order chi connectivity index (χ1) is 9.90. The average Bonchev–Trinajstić information content (AvgIpc) is 2.90. The van der Waals surface area contributed by atoms with Gasteiger partial charge in [0.05, 0.1) is 11.1 Å². The molecule has 4 nitrogen and oxygen atoms in total. The number of hydrogen-bond acceptors (Lipinski definition) is 4. The van der Waals surface area contributed by atoms with Gasteiger partial charge in [0, 0.05) is 5.56 Å². The number of rotatable bonds is 3. The number of aryl methyl sites for hydroxylation is 2. The number of esters is 2. The van der Waals surface area contributed by atoms with Crippen molar-refractivity contribution in [2.24, 2.45) is 0 Å². The van der Waals surface area contributed by atoms with E-state index in [1.54, 1.807) is 0 Å². The van der Waals surface area contributed by atoms with E-state index < -0.39 is 11.9 Å². The molecule has 1 aromatic heterocycles. The molecule has 1 aromatic rings. The molecule has 0 atom stereocenters. The minimum atomic E-state index is -0.565. The van der Waals surface area contributed by atoms with Crippen LogP contribution in [0.4, 0.5) is 0 Å². The molecule has 0 saturated carbocycles. The van der Waals surface area contributed by atoms with Crippen LogP contribution in [0, 0.1) is 13.8 Å². The molecule has 0 amide bonds. The number of carbonyl (C=O) groups is 2. The van der Waals surface area contributed by atoms with Crippen molar-refractivity contribution in [3.63, 3.8) is 0 Å². The molecule has 1 saturated heterocycles. The number of hydrogen-bond donors (Lipinski definition) is 0. The first-order valence-electron chi connectivity index (χ1n) is 7.17. The lowest BCUT2D eigenvalue weighted by Crippen LogP contribution is -2.01. The molecular weight excluding hydrogens is 268 g/mol. The third-order valence-corrected chi connectivity index (χ3v) is 3.87. The Morgan fingerprint density at radius 2 is 1.62 bits per heavy atom. The zero-order valence-corrected chi connectivity index (χ0v) is 13.1. The fourth-order valence-electron chi connectivity index (χ4n) is 2.79. The highest BCUT2D eigenvalue weighted by molar-refractivity contribution is 6.22. The molecule has 1 aliphatic rings. The van der Waals surface area contributed by atoms with Crippen molar-refractivity contribution in [2.45, 2.75) is 47.5 Å². The number of cyclic esters (lactones) is 2. The molecule has 112 valence electrons. The third kappa shape index (κ3) is 2.58. The minimum Gasteiger partial charge on any atom is -0.466 e. The van der Waals surface area contributed by atoms with Crippen LogP contribution >= 0.6 is 0 Å². The van der Waals surface area contributed by atoms with Gasteiger partial charge < -0.3 is 9.15 Å². The van der Waals surface area contributed by atoms with Crippen molar-refractivity contribution in [2.75, 3.05) is 0 Å². The fourth-order valence-corrected chi connectivity index (χ4v) is 2.79. The maximum absolute atomic E-state index is 12.1. The molecule has 2 rings (SSSR count). The topological polar surface area (TPSA) is 56.5 Å². The van der Waals surface area contributed by atoms with Gasteiger partial charge in [0.2, 0.25) is 0 Å². The van der Waals surface area contributed by atoms with Crippen LogP contribution in [0.1, 0.15) is 50.7 Å². The van der Waals surface area contributed by atoms with Gasteiger partial charge in [-0.25, -0.2) is 9.59 Å². The molecule has 21 heavy (non-hydrogen) atoms. The van der Waals surface area contributed by atoms with Crippen LogP contribution in [0.5, 0.6) is 0 Å². The SMILES string of the molecule is CCC(CC)=C1C(=O)OC(=O)/C1=C(/C)c1cc(C)oc1C. The van der Waals surface area contributed by atoms with Gasteiger partial charge in [-0.15, -0.1) is 0 Å². The molecule has 0 spiro atoms. The van der Waals surface area contributed by atoms with Crippen molar-refractivity contribution in [3.8, 4) is 0 Å². The molecule has 0 N–H and O–H groups in total. The first kappa shape index (κ1) is 15.3. The van der Waals surface area contributed by atoms with Crippen LogP contribution < -0.4 is 0 Å². The van der Waals surface area contributed by atoms with E-state index in [2.05, 4.69) is 0 Å². The monoisotopic (exact) mass is 288 g/mol. The van der Waals surface area contributed by atoms with Crippen LogP contribution in [0.15, 0.2) is 27.2 Å². The molecule has 0 aliphatic carbocycles. The van der Waals surface area contributed by atoms with E-state index >= 15 is 0 Å². The zero-order valence-electron chi connectivity index (χ0n) is 13.1. The molecular formula is C17H20O4. The molecule has 1 fully saturated rings. The van der Waals surface area contributed by atoms with Gasteiger partial charge in [-0.3, -0.25) is 0 Å². The standard InChI is InChI=1S/C17H20O4/c1-6-12(7-2)15-14(16(18)21-17(15)19)10(4)13-8-9(3)20-11(13)5/h8H,6-7H2,1-5H3/b14-10-. The highest BCUT2D eigenvalue weighted by Gasteiger charge is 2.37. The maximum Gasteiger partial charge on any atom is 0.347 e. The third-order valence-electron chi connectivity index (χ3n) is 3.87. The van der Waals surface area contributed by atoms with E-state index in [-0.39, 0.29) is 0 Å². The Morgan fingerprint density at radius 3 is 2.10 bits per heavy atom. The summed E-state index contributed by atoms with van der Waals surface area (Å²) in [5.41, 5.74) is 3.33. The largest absolute Gasteiger partial charge is 0.466 e. The van der Waals surface area contributed by atoms with Crippen LogP contribution in [-0.4, -0.2) is 11.9 Å². The lowest BCUT2D eigenvalue weighted by molar-refractivity contribution is -0.149. The van der Waals surface area contributed by atoms with E-state index in [9.17, 15) is 9.59 Å². The minimum absolute atomic E-state index is 0.377. The Kier molecular flexibility index (Phi) is 4.16. The van der Waals surface area contributed by atoms with Crippen LogP contribution in [-0.2, 0) is 14.3 Å². The zero-order chi connectivity index (χ0) is 15.7. The molecule has 1 aliphatic heterocycles. The summed E-state index contributed by atoms with van der Waals surface area (Å²) in [6, 6.07) is 1.88. The summed E-state index contributed by atoms with van der Waals surface area (Å²) in [4.78, 5) is 24.1. The normalized spacial score (nSPS) is 17.3. The first-order valence-corrected chi connectivity index (χ1v) is 7.17. The summed E-state index contributed by atoms with van der Waals surface area (Å²) in [5.74, 6) is 0.409. The van der Waals surface area contributed by atoms with Gasteiger partial charge in [0.25, 0.3) is 0 Å². The Bertz CT molecular complexity index is 665. The number of carbonyl (C=O) groups excluding carboxylic acids is 2. The summed E-state index contributed by atoms with van der Waals surface area (Å²) in [6.45, 7) is 9.48. The average molecular weight is 288 g/mol. The van der Waals surface area contributed by atoms with Gasteiger partial charge >= 0.3 is 11.9 Å². The number of ether oxygens (including phenoxy) is 1. The van der Waals surface area contributed by atoms with Crippen LogP contribution in [0.25, 0.3) is 5.57 Å². The van der Waals surface area contributed by atoms with E-state index in [1.807, 2.05) is 40.7 Å². The lowest BCUT2D eigenvalue weighted by atomic mass is 9.92. The molecule has 0 bridgehead atoms. The summed E-state index contributed by atoms with van der Waals surface area (Å²) < 4.78 is 10.4. The molecule has 0 radical (unpaired) electrons. The summed E-state index contributed by atoms with van der Waals surface area (Å²) >= 11 is 0. The van der Waals surface area contributed by atoms with Crippen molar-refractivity contribution in [3.05, 3.63) is 39.9 Å². The summed E-state index contributed by atoms with van der Waals surface area (Å²) in [5, 5.41) is 0.